The van der Waals surface area contributed by atoms with E-state index < -0.39 is 10.9 Å². The molecule has 0 fully saturated rings. The minimum atomic E-state index is -2.62. The monoisotopic (exact) mass is 431 g/mol. The molecule has 5 N–H and O–H groups in total. The van der Waals surface area contributed by atoms with Crippen molar-refractivity contribution in [3.05, 3.63) is 60.5 Å². The Morgan fingerprint density at radius 1 is 1.13 bits per heavy atom. The van der Waals surface area contributed by atoms with Gasteiger partial charge in [0.1, 0.15) is 22.9 Å². The molecular weight excluding hydrogens is 413 g/mol. The zero-order valence-electron chi connectivity index (χ0n) is 15.7. The van der Waals surface area contributed by atoms with Crippen molar-refractivity contribution in [2.24, 2.45) is 5.14 Å². The molecule has 0 aliphatic rings. The number of aromatic nitrogens is 4. The molecule has 2 aromatic heterocycles. The first-order chi connectivity index (χ1) is 14.5. The molecular formula is C18H18FN7O3S. The second-order valence-electron chi connectivity index (χ2n) is 5.77. The second kappa shape index (κ2) is 9.62. The fourth-order valence-electron chi connectivity index (χ4n) is 2.54. The predicted octanol–water partition coefficient (Wildman–Crippen LogP) is 2.46. The van der Waals surface area contributed by atoms with Crippen molar-refractivity contribution in [3.63, 3.8) is 0 Å². The number of methoxy groups -OCH3 is 1. The Balaban J connectivity index is 0.000000589. The maximum absolute atomic E-state index is 13.8. The van der Waals surface area contributed by atoms with Crippen molar-refractivity contribution in [1.29, 1.82) is 0 Å². The summed E-state index contributed by atoms with van der Waals surface area (Å²) in [5, 5.41) is 17.7. The van der Waals surface area contributed by atoms with Crippen LogP contribution in [0.3, 0.4) is 0 Å². The van der Waals surface area contributed by atoms with Crippen LogP contribution >= 0.6 is 0 Å². The van der Waals surface area contributed by atoms with Crippen molar-refractivity contribution >= 4 is 45.1 Å². The highest BCUT2D eigenvalue weighted by atomic mass is 32.2. The number of thiol groups is 1. The molecule has 10 nitrogen and oxygen atoms in total. The minimum Gasteiger partial charge on any atom is -0.497 e. The lowest BCUT2D eigenvalue weighted by molar-refractivity contribution is 0.415. The number of ether oxygens (including phenoxy) is 1. The van der Waals surface area contributed by atoms with E-state index in [0.29, 0.717) is 28.5 Å². The summed E-state index contributed by atoms with van der Waals surface area (Å²) in [4.78, 5) is 8.61. The van der Waals surface area contributed by atoms with Crippen LogP contribution in [0.4, 0.5) is 27.7 Å². The molecule has 30 heavy (non-hydrogen) atoms. The average molecular weight is 431 g/mol. The number of hydrogen-bond acceptors (Lipinski definition) is 8. The van der Waals surface area contributed by atoms with Crippen molar-refractivity contribution in [3.8, 4) is 5.75 Å². The number of para-hydroxylation sites is 1. The lowest BCUT2D eigenvalue weighted by Gasteiger charge is -2.08. The maximum atomic E-state index is 13.8. The van der Waals surface area contributed by atoms with Crippen LogP contribution in [0.25, 0.3) is 10.9 Å². The molecule has 4 rings (SSSR count). The quantitative estimate of drug-likeness (QED) is 0.303. The number of aromatic amines is 1. The van der Waals surface area contributed by atoms with Crippen LogP contribution in [-0.2, 0) is 10.9 Å². The van der Waals surface area contributed by atoms with Gasteiger partial charge in [-0.1, -0.05) is 12.1 Å². The van der Waals surface area contributed by atoms with Crippen LogP contribution in [0, 0.1) is 5.82 Å². The summed E-state index contributed by atoms with van der Waals surface area (Å²) in [5.41, 5.74) is 1.15. The molecule has 0 amide bonds. The number of fused-ring (bicyclic) bond motifs is 1. The van der Waals surface area contributed by atoms with Gasteiger partial charge in [0.2, 0.25) is 5.95 Å². The van der Waals surface area contributed by atoms with Gasteiger partial charge in [0.05, 0.1) is 7.11 Å². The molecule has 0 radical (unpaired) electrons. The highest BCUT2D eigenvalue weighted by molar-refractivity contribution is 7.69. The molecule has 0 saturated heterocycles. The van der Waals surface area contributed by atoms with Gasteiger partial charge in [0.15, 0.2) is 16.7 Å². The number of hydrogen-bond donors (Lipinski definition) is 5. The van der Waals surface area contributed by atoms with Gasteiger partial charge in [-0.05, 0) is 30.3 Å². The Hall–Kier alpha value is -3.77. The summed E-state index contributed by atoms with van der Waals surface area (Å²) in [6, 6.07) is 13.9. The Labute approximate surface area is 172 Å². The third-order valence-corrected chi connectivity index (χ3v) is 3.78. The normalized spacial score (nSPS) is 10.4. The first-order valence-electron chi connectivity index (χ1n) is 8.49. The largest absolute Gasteiger partial charge is 0.497 e. The van der Waals surface area contributed by atoms with Crippen LogP contribution < -0.4 is 20.5 Å². The smallest absolute Gasteiger partial charge is 0.229 e. The van der Waals surface area contributed by atoms with Crippen LogP contribution in [0.1, 0.15) is 0 Å². The van der Waals surface area contributed by atoms with E-state index in [4.69, 9.17) is 13.2 Å². The summed E-state index contributed by atoms with van der Waals surface area (Å²) in [7, 11) is -1.01. The van der Waals surface area contributed by atoms with Gasteiger partial charge in [-0.3, -0.25) is 5.10 Å². The van der Waals surface area contributed by atoms with Crippen LogP contribution in [0.15, 0.2) is 54.7 Å². The number of nitrogens with one attached hydrogen (secondary N) is 3. The summed E-state index contributed by atoms with van der Waals surface area (Å²) < 4.78 is 36.6. The van der Waals surface area contributed by atoms with E-state index in [1.807, 2.05) is 24.3 Å². The molecule has 0 aliphatic carbocycles. The zero-order chi connectivity index (χ0) is 21.5. The molecule has 2 aromatic carbocycles. The third-order valence-electron chi connectivity index (χ3n) is 3.78. The Kier molecular flexibility index (Phi) is 6.72. The van der Waals surface area contributed by atoms with Crippen molar-refractivity contribution < 1.29 is 17.5 Å². The lowest BCUT2D eigenvalue weighted by Crippen LogP contribution is -2.01. The molecule has 0 spiro atoms. The summed E-state index contributed by atoms with van der Waals surface area (Å²) >= 11 is 0. The number of anilines is 4. The van der Waals surface area contributed by atoms with E-state index in [-0.39, 0.29) is 5.82 Å². The number of halogens is 1. The van der Waals surface area contributed by atoms with E-state index in [1.165, 1.54) is 6.07 Å². The van der Waals surface area contributed by atoms with Gasteiger partial charge in [-0.15, -0.1) is 0 Å². The molecule has 0 atom stereocenters. The Morgan fingerprint density at radius 3 is 2.67 bits per heavy atom. The molecule has 0 aliphatic heterocycles. The van der Waals surface area contributed by atoms with E-state index in [0.717, 1.165) is 11.4 Å². The standard InChI is InChI=1S/C18H15FN6O.H3NO2S/c1-26-12-5-2-4-11(10-12)21-18-20-9-8-15(23-18)22-17-13-6-3-7-14(19)16(13)24-25-17;1-4(2)3/h2-10H,1H3,(H3,20,21,22,23,24,25);4H,(H2,1,2,3). The van der Waals surface area contributed by atoms with Crippen LogP contribution in [-0.4, -0.2) is 35.7 Å². The molecule has 0 saturated carbocycles. The number of benzene rings is 2. The summed E-state index contributed by atoms with van der Waals surface area (Å²) in [6.07, 6.45) is 1.62. The summed E-state index contributed by atoms with van der Waals surface area (Å²) in [6.45, 7) is 0. The first-order valence-corrected chi connectivity index (χ1v) is 9.74. The van der Waals surface area contributed by atoms with E-state index >= 15 is 0 Å². The SMILES string of the molecule is COc1cccc(Nc2nccc(Nc3n[nH]c4c(F)cccc34)n2)c1.N[SH](=O)=O. The maximum Gasteiger partial charge on any atom is 0.229 e. The molecule has 0 unspecified atom stereocenters. The van der Waals surface area contributed by atoms with Gasteiger partial charge in [0, 0.05) is 23.3 Å². The van der Waals surface area contributed by atoms with Gasteiger partial charge in [-0.25, -0.2) is 22.9 Å². The second-order valence-corrected chi connectivity index (χ2v) is 6.34. The van der Waals surface area contributed by atoms with Gasteiger partial charge in [0.25, 0.3) is 0 Å². The molecule has 0 bridgehead atoms. The Morgan fingerprint density at radius 2 is 1.90 bits per heavy atom. The van der Waals surface area contributed by atoms with Crippen LogP contribution in [0.5, 0.6) is 5.75 Å². The van der Waals surface area contributed by atoms with Gasteiger partial charge < -0.3 is 15.4 Å². The lowest BCUT2D eigenvalue weighted by atomic mass is 10.2. The topological polar surface area (TPSA) is 148 Å². The number of H-pyrrole nitrogens is 1. The van der Waals surface area contributed by atoms with Crippen molar-refractivity contribution in [2.75, 3.05) is 17.7 Å². The van der Waals surface area contributed by atoms with Crippen LogP contribution in [0.2, 0.25) is 0 Å². The fourth-order valence-corrected chi connectivity index (χ4v) is 2.54. The number of nitrogens with two attached hydrogens (primary N) is 1. The highest BCUT2D eigenvalue weighted by Crippen LogP contribution is 2.25. The molecule has 156 valence electrons. The average Bonchev–Trinajstić information content (AvgIpc) is 3.12. The number of nitrogens with zero attached hydrogens (tertiary/aromatic N) is 3. The highest BCUT2D eigenvalue weighted by Gasteiger charge is 2.10. The predicted molar refractivity (Wildman–Crippen MR) is 112 cm³/mol. The minimum absolute atomic E-state index is 0.346. The molecule has 2 heterocycles. The van der Waals surface area contributed by atoms with Crippen molar-refractivity contribution in [2.45, 2.75) is 0 Å². The van der Waals surface area contributed by atoms with E-state index in [1.54, 1.807) is 31.5 Å². The third kappa shape index (κ3) is 5.40. The van der Waals surface area contributed by atoms with E-state index in [9.17, 15) is 4.39 Å². The Bertz CT molecular complexity index is 1220. The van der Waals surface area contributed by atoms with Gasteiger partial charge in [-0.2, -0.15) is 10.1 Å². The molecule has 4 aromatic rings. The number of rotatable bonds is 5. The molecule has 12 heteroatoms. The zero-order valence-corrected chi connectivity index (χ0v) is 16.6. The summed E-state index contributed by atoms with van der Waals surface area (Å²) in [5.74, 6) is 1.81. The first kappa shape index (κ1) is 21.0. The van der Waals surface area contributed by atoms with Crippen molar-refractivity contribution in [1.82, 2.24) is 20.2 Å². The van der Waals surface area contributed by atoms with Gasteiger partial charge >= 0.3 is 0 Å². The van der Waals surface area contributed by atoms with E-state index in [2.05, 4.69) is 35.9 Å². The fraction of sp³-hybridized carbons (Fsp3) is 0.0556.